The second-order valence-corrected chi connectivity index (χ2v) is 1.22. The van der Waals surface area contributed by atoms with Crippen molar-refractivity contribution in [2.45, 2.75) is 6.17 Å². The van der Waals surface area contributed by atoms with E-state index >= 15 is 0 Å². The fourth-order valence-corrected chi connectivity index (χ4v) is 0.206. The van der Waals surface area contributed by atoms with Gasteiger partial charge in [-0.3, -0.25) is 4.79 Å². The van der Waals surface area contributed by atoms with Gasteiger partial charge in [-0.2, -0.15) is 0 Å². The van der Waals surface area contributed by atoms with Crippen LogP contribution in [0.4, 0.5) is 0 Å². The molecule has 46 valence electrons. The van der Waals surface area contributed by atoms with Crippen molar-refractivity contribution in [2.75, 3.05) is 0 Å². The number of rotatable bonds is 3. The number of nitrogens with two attached hydrogens (primary N) is 2. The third-order valence-corrected chi connectivity index (χ3v) is 0.483. The Morgan fingerprint density at radius 2 is 2.12 bits per heavy atom. The van der Waals surface area contributed by atoms with Crippen LogP contribution >= 0.6 is 0 Å². The Kier molecular flexibility index (Phi) is 3.83. The predicted molar refractivity (Wildman–Crippen MR) is 30.5 cm³/mol. The molecule has 0 atom stereocenters. The van der Waals surface area contributed by atoms with Gasteiger partial charge in [0.1, 0.15) is 0 Å². The number of hydrogen-bond donors (Lipinski definition) is 3. The molecule has 0 aliphatic rings. The highest BCUT2D eigenvalue weighted by atomic mass is 16.1. The highest BCUT2D eigenvalue weighted by Crippen LogP contribution is 1.64. The number of carbonyl (C=O) groups is 1. The summed E-state index contributed by atoms with van der Waals surface area (Å²) in [6, 6.07) is 0. The van der Waals surface area contributed by atoms with E-state index in [0.717, 1.165) is 0 Å². The smallest absolute Gasteiger partial charge is 0.211 e. The second-order valence-electron chi connectivity index (χ2n) is 1.22. The lowest BCUT2D eigenvalue weighted by Crippen LogP contribution is -2.28. The van der Waals surface area contributed by atoms with Crippen LogP contribution < -0.4 is 16.8 Å². The van der Waals surface area contributed by atoms with E-state index < -0.39 is 6.17 Å². The molecule has 0 bridgehead atoms. The van der Waals surface area contributed by atoms with Gasteiger partial charge in [0.05, 0.1) is 6.17 Å². The van der Waals surface area contributed by atoms with Gasteiger partial charge < -0.3 is 16.8 Å². The van der Waals surface area contributed by atoms with Gasteiger partial charge in [0.15, 0.2) is 0 Å². The Morgan fingerprint density at radius 1 is 1.50 bits per heavy atom. The first-order valence-corrected chi connectivity index (χ1v) is 2.15. The first-order chi connectivity index (χ1) is 3.77. The molecule has 0 aromatic carbocycles. The van der Waals surface area contributed by atoms with Gasteiger partial charge in [0.25, 0.3) is 0 Å². The Bertz CT molecular complexity index is 89.3. The molecule has 0 heterocycles. The van der Waals surface area contributed by atoms with E-state index in [1.54, 1.807) is 0 Å². The summed E-state index contributed by atoms with van der Waals surface area (Å²) in [6.45, 7) is 0. The van der Waals surface area contributed by atoms with Crippen LogP contribution in [0.1, 0.15) is 0 Å². The summed E-state index contributed by atoms with van der Waals surface area (Å²) in [5.41, 5.74) is 10.1. The molecule has 4 nitrogen and oxygen atoms in total. The van der Waals surface area contributed by atoms with Gasteiger partial charge in [-0.15, -0.1) is 0 Å². The Morgan fingerprint density at radius 3 is 2.50 bits per heavy atom. The zero-order chi connectivity index (χ0) is 6.41. The van der Waals surface area contributed by atoms with Gasteiger partial charge in [-0.05, 0) is 6.08 Å². The summed E-state index contributed by atoms with van der Waals surface area (Å²) in [5.74, 6) is 0. The molecular formula is C4H9N3O. The Hall–Kier alpha value is -0.870. The summed E-state index contributed by atoms with van der Waals surface area (Å²) >= 11 is 0. The SMILES string of the molecule is NC(N)/C=C\NC=O. The average molecular weight is 115 g/mol. The maximum absolute atomic E-state index is 9.54. The van der Waals surface area contributed by atoms with Crippen LogP contribution in [0.25, 0.3) is 0 Å². The van der Waals surface area contributed by atoms with E-state index in [4.69, 9.17) is 11.5 Å². The van der Waals surface area contributed by atoms with Gasteiger partial charge in [-0.1, -0.05) is 0 Å². The largest absolute Gasteiger partial charge is 0.335 e. The molecular weight excluding hydrogens is 106 g/mol. The highest BCUT2D eigenvalue weighted by molar-refractivity contribution is 5.47. The minimum Gasteiger partial charge on any atom is -0.335 e. The van der Waals surface area contributed by atoms with Crippen molar-refractivity contribution in [1.29, 1.82) is 0 Å². The standard InChI is InChI=1S/C4H9N3O/c5-4(6)1-2-7-3-8/h1-4H,5-6H2,(H,7,8)/b2-1-. The lowest BCUT2D eigenvalue weighted by atomic mass is 10.5. The third-order valence-electron chi connectivity index (χ3n) is 0.483. The summed E-state index contributed by atoms with van der Waals surface area (Å²) in [6.07, 6.45) is 2.90. The van der Waals surface area contributed by atoms with Crippen molar-refractivity contribution in [3.8, 4) is 0 Å². The molecule has 0 aliphatic carbocycles. The average Bonchev–Trinajstić information content (AvgIpc) is 1.66. The fraction of sp³-hybridized carbons (Fsp3) is 0.250. The van der Waals surface area contributed by atoms with Crippen LogP contribution in [0.5, 0.6) is 0 Å². The minimum absolute atomic E-state index is 0.498. The molecule has 5 N–H and O–H groups in total. The molecule has 8 heavy (non-hydrogen) atoms. The van der Waals surface area contributed by atoms with E-state index in [2.05, 4.69) is 5.32 Å². The normalized spacial score (nSPS) is 10.4. The maximum atomic E-state index is 9.54. The van der Waals surface area contributed by atoms with Crippen LogP contribution in [0.3, 0.4) is 0 Å². The van der Waals surface area contributed by atoms with Crippen LogP contribution in [-0.4, -0.2) is 12.6 Å². The first kappa shape index (κ1) is 7.13. The summed E-state index contributed by atoms with van der Waals surface area (Å²) in [4.78, 5) is 9.54. The molecule has 4 heteroatoms. The first-order valence-electron chi connectivity index (χ1n) is 2.15. The molecule has 0 unspecified atom stereocenters. The number of carbonyl (C=O) groups excluding carboxylic acids is 1. The van der Waals surface area contributed by atoms with E-state index in [0.29, 0.717) is 6.41 Å². The lowest BCUT2D eigenvalue weighted by molar-refractivity contribution is -0.108. The molecule has 0 radical (unpaired) electrons. The summed E-state index contributed by atoms with van der Waals surface area (Å²) in [7, 11) is 0. The number of nitrogens with one attached hydrogen (secondary N) is 1. The van der Waals surface area contributed by atoms with Crippen molar-refractivity contribution in [3.05, 3.63) is 12.3 Å². The number of hydrogen-bond acceptors (Lipinski definition) is 3. The molecule has 1 amide bonds. The molecule has 0 aliphatic heterocycles. The third kappa shape index (κ3) is 5.13. The van der Waals surface area contributed by atoms with E-state index in [1.165, 1.54) is 12.3 Å². The van der Waals surface area contributed by atoms with E-state index in [9.17, 15) is 4.79 Å². The zero-order valence-corrected chi connectivity index (χ0v) is 4.37. The van der Waals surface area contributed by atoms with Gasteiger partial charge >= 0.3 is 0 Å². The van der Waals surface area contributed by atoms with Gasteiger partial charge in [0.2, 0.25) is 6.41 Å². The highest BCUT2D eigenvalue weighted by Gasteiger charge is 1.78. The predicted octanol–water partition coefficient (Wildman–Crippen LogP) is -1.51. The van der Waals surface area contributed by atoms with Crippen molar-refractivity contribution in [1.82, 2.24) is 5.32 Å². The number of amides is 1. The van der Waals surface area contributed by atoms with Crippen LogP contribution in [0, 0.1) is 0 Å². The van der Waals surface area contributed by atoms with Crippen molar-refractivity contribution < 1.29 is 4.79 Å². The van der Waals surface area contributed by atoms with Crippen LogP contribution in [0.15, 0.2) is 12.3 Å². The van der Waals surface area contributed by atoms with Crippen molar-refractivity contribution >= 4 is 6.41 Å². The second kappa shape index (κ2) is 4.29. The quantitative estimate of drug-likeness (QED) is 0.309. The fourth-order valence-electron chi connectivity index (χ4n) is 0.206. The molecule has 0 fully saturated rings. The summed E-state index contributed by atoms with van der Waals surface area (Å²) < 4.78 is 0. The van der Waals surface area contributed by atoms with Crippen LogP contribution in [0.2, 0.25) is 0 Å². The Balaban J connectivity index is 3.19. The molecule has 0 saturated heterocycles. The van der Waals surface area contributed by atoms with E-state index in [-0.39, 0.29) is 0 Å². The topological polar surface area (TPSA) is 81.1 Å². The molecule has 0 aromatic heterocycles. The zero-order valence-electron chi connectivity index (χ0n) is 4.37. The van der Waals surface area contributed by atoms with E-state index in [1.807, 2.05) is 0 Å². The van der Waals surface area contributed by atoms with Crippen molar-refractivity contribution in [3.63, 3.8) is 0 Å². The van der Waals surface area contributed by atoms with Gasteiger partial charge in [-0.25, -0.2) is 0 Å². The Labute approximate surface area is 47.5 Å². The van der Waals surface area contributed by atoms with Crippen LogP contribution in [-0.2, 0) is 4.79 Å². The maximum Gasteiger partial charge on any atom is 0.211 e. The molecule has 0 spiro atoms. The minimum atomic E-state index is -0.498. The monoisotopic (exact) mass is 115 g/mol. The molecule has 0 saturated carbocycles. The van der Waals surface area contributed by atoms with Crippen molar-refractivity contribution in [2.24, 2.45) is 11.5 Å². The summed E-state index contributed by atoms with van der Waals surface area (Å²) in [5, 5.41) is 2.26. The van der Waals surface area contributed by atoms with Gasteiger partial charge in [0, 0.05) is 6.20 Å². The molecule has 0 aromatic rings. The molecule has 0 rings (SSSR count). The lowest BCUT2D eigenvalue weighted by Gasteiger charge is -1.91.